The summed E-state index contributed by atoms with van der Waals surface area (Å²) in [5.41, 5.74) is -1.01. The van der Waals surface area contributed by atoms with E-state index in [2.05, 4.69) is 0 Å². The standard InChI is InChI=1S/C21H25NO7/c1-20(2)7-11(23)17(12(24)8-20)19(15-5-6-16(29-15)22(27)28)18-13(25)9-21(3,4)10-14(18)26/h5-6,17,19,25H,7-10H2,1-4H3. The molecular formula is C21H25NO7. The summed E-state index contributed by atoms with van der Waals surface area (Å²) >= 11 is 0. The van der Waals surface area contributed by atoms with Crippen molar-refractivity contribution in [1.29, 1.82) is 0 Å². The predicted molar refractivity (Wildman–Crippen MR) is 102 cm³/mol. The molecule has 1 aromatic heterocycles. The van der Waals surface area contributed by atoms with Gasteiger partial charge in [0.15, 0.2) is 5.78 Å². The molecule has 1 fully saturated rings. The van der Waals surface area contributed by atoms with Crippen LogP contribution in [0.5, 0.6) is 0 Å². The number of nitrogens with zero attached hydrogens (tertiary/aromatic N) is 1. The van der Waals surface area contributed by atoms with Gasteiger partial charge in [-0.1, -0.05) is 27.7 Å². The molecule has 2 aliphatic carbocycles. The largest absolute Gasteiger partial charge is 0.512 e. The minimum atomic E-state index is -1.21. The number of nitro groups is 1. The number of hydrogen-bond acceptors (Lipinski definition) is 7. The third-order valence-electron chi connectivity index (χ3n) is 5.64. The predicted octanol–water partition coefficient (Wildman–Crippen LogP) is 4.05. The number of allylic oxidation sites excluding steroid dienone is 2. The summed E-state index contributed by atoms with van der Waals surface area (Å²) in [6.45, 7) is 7.31. The minimum absolute atomic E-state index is 0.0299. The van der Waals surface area contributed by atoms with E-state index in [4.69, 9.17) is 4.42 Å². The average Bonchev–Trinajstić information content (AvgIpc) is 2.99. The molecule has 1 atom stereocenters. The fourth-order valence-corrected chi connectivity index (χ4v) is 4.51. The molecule has 8 nitrogen and oxygen atoms in total. The molecule has 0 radical (unpaired) electrons. The summed E-state index contributed by atoms with van der Waals surface area (Å²) in [4.78, 5) is 49.2. The van der Waals surface area contributed by atoms with Gasteiger partial charge in [0.25, 0.3) is 0 Å². The third kappa shape index (κ3) is 4.02. The summed E-state index contributed by atoms with van der Waals surface area (Å²) in [6.07, 6.45) is 0.604. The molecule has 2 aliphatic rings. The fraction of sp³-hybridized carbons (Fsp3) is 0.571. The lowest BCUT2D eigenvalue weighted by Crippen LogP contribution is -2.43. The second-order valence-electron chi connectivity index (χ2n) is 9.64. The van der Waals surface area contributed by atoms with Crippen LogP contribution < -0.4 is 0 Å². The molecule has 0 spiro atoms. The number of hydrogen-bond donors (Lipinski definition) is 1. The summed E-state index contributed by atoms with van der Waals surface area (Å²) in [5.74, 6) is -4.24. The first-order valence-electron chi connectivity index (χ1n) is 9.56. The lowest BCUT2D eigenvalue weighted by molar-refractivity contribution is -0.402. The van der Waals surface area contributed by atoms with Crippen molar-refractivity contribution in [3.63, 3.8) is 0 Å². The Hall–Kier alpha value is -2.77. The molecule has 8 heteroatoms. The van der Waals surface area contributed by atoms with Gasteiger partial charge >= 0.3 is 5.88 Å². The molecule has 1 aromatic rings. The SMILES string of the molecule is CC1(C)CC(=O)C(C(C2=C(O)CC(C)(C)CC2=O)c2ccc([N+](=O)[O-])o2)C(=O)C1. The van der Waals surface area contributed by atoms with Crippen molar-refractivity contribution in [2.24, 2.45) is 16.7 Å². The molecule has 0 saturated heterocycles. The van der Waals surface area contributed by atoms with Crippen LogP contribution in [-0.2, 0) is 14.4 Å². The summed E-state index contributed by atoms with van der Waals surface area (Å²) in [6, 6.07) is 2.43. The minimum Gasteiger partial charge on any atom is -0.512 e. The third-order valence-corrected chi connectivity index (χ3v) is 5.64. The number of aliphatic hydroxyl groups is 1. The van der Waals surface area contributed by atoms with Crippen LogP contribution in [0.2, 0.25) is 0 Å². The molecule has 0 aliphatic heterocycles. The highest BCUT2D eigenvalue weighted by Crippen LogP contribution is 2.48. The summed E-state index contributed by atoms with van der Waals surface area (Å²) < 4.78 is 5.31. The van der Waals surface area contributed by atoms with E-state index in [-0.39, 0.29) is 60.1 Å². The number of furan rings is 1. The van der Waals surface area contributed by atoms with Gasteiger partial charge in [0.05, 0.1) is 17.9 Å². The van der Waals surface area contributed by atoms with E-state index in [0.717, 1.165) is 6.07 Å². The Morgan fingerprint density at radius 1 is 1.03 bits per heavy atom. The first kappa shape index (κ1) is 21.0. The van der Waals surface area contributed by atoms with Crippen LogP contribution in [0.4, 0.5) is 5.88 Å². The maximum absolute atomic E-state index is 12.9. The zero-order valence-electron chi connectivity index (χ0n) is 17.0. The second kappa shape index (κ2) is 6.93. The molecule has 3 rings (SSSR count). The quantitative estimate of drug-likeness (QED) is 0.456. The van der Waals surface area contributed by atoms with Crippen LogP contribution in [0.1, 0.15) is 65.1 Å². The lowest BCUT2D eigenvalue weighted by atomic mass is 9.63. The number of Topliss-reactive ketones (excluding diaryl/α,β-unsaturated/α-hetero) is 3. The molecule has 0 amide bonds. The Morgan fingerprint density at radius 3 is 2.07 bits per heavy atom. The van der Waals surface area contributed by atoms with Gasteiger partial charge in [-0.3, -0.25) is 24.5 Å². The monoisotopic (exact) mass is 403 g/mol. The van der Waals surface area contributed by atoms with Crippen molar-refractivity contribution in [3.05, 3.63) is 39.3 Å². The number of aliphatic hydroxyl groups excluding tert-OH is 1. The Bertz CT molecular complexity index is 915. The van der Waals surface area contributed by atoms with Crippen molar-refractivity contribution in [2.75, 3.05) is 0 Å². The topological polar surface area (TPSA) is 128 Å². The summed E-state index contributed by atoms with van der Waals surface area (Å²) in [7, 11) is 0. The Balaban J connectivity index is 2.15. The normalized spacial score (nSPS) is 23.4. The van der Waals surface area contributed by atoms with Crippen LogP contribution in [0, 0.1) is 26.9 Å². The molecule has 29 heavy (non-hydrogen) atoms. The van der Waals surface area contributed by atoms with E-state index >= 15 is 0 Å². The molecule has 1 unspecified atom stereocenters. The van der Waals surface area contributed by atoms with E-state index in [0.29, 0.717) is 0 Å². The number of ketones is 3. The van der Waals surface area contributed by atoms with Crippen molar-refractivity contribution < 1.29 is 28.8 Å². The first-order chi connectivity index (χ1) is 13.3. The molecular weight excluding hydrogens is 378 g/mol. The van der Waals surface area contributed by atoms with Gasteiger partial charge in [0.2, 0.25) is 0 Å². The van der Waals surface area contributed by atoms with Crippen molar-refractivity contribution in [3.8, 4) is 0 Å². The maximum atomic E-state index is 12.9. The van der Waals surface area contributed by atoms with Gasteiger partial charge in [-0.15, -0.1) is 0 Å². The van der Waals surface area contributed by atoms with E-state index in [9.17, 15) is 29.6 Å². The van der Waals surface area contributed by atoms with E-state index in [1.54, 1.807) is 0 Å². The Kier molecular flexibility index (Phi) is 5.01. The summed E-state index contributed by atoms with van der Waals surface area (Å²) in [5, 5.41) is 21.8. The van der Waals surface area contributed by atoms with Crippen LogP contribution in [0.25, 0.3) is 0 Å². The van der Waals surface area contributed by atoms with E-state index in [1.807, 2.05) is 27.7 Å². The molecule has 1 N–H and O–H groups in total. The van der Waals surface area contributed by atoms with Crippen LogP contribution >= 0.6 is 0 Å². The molecule has 0 aromatic carbocycles. The van der Waals surface area contributed by atoms with Gasteiger partial charge < -0.3 is 9.52 Å². The zero-order chi connectivity index (χ0) is 21.7. The lowest BCUT2D eigenvalue weighted by Gasteiger charge is -2.38. The first-order valence-corrected chi connectivity index (χ1v) is 9.56. The smallest absolute Gasteiger partial charge is 0.433 e. The van der Waals surface area contributed by atoms with E-state index in [1.165, 1.54) is 6.07 Å². The van der Waals surface area contributed by atoms with E-state index < -0.39 is 33.5 Å². The van der Waals surface area contributed by atoms with Gasteiger partial charge in [0, 0.05) is 31.3 Å². The fourth-order valence-electron chi connectivity index (χ4n) is 4.51. The zero-order valence-corrected chi connectivity index (χ0v) is 17.0. The van der Waals surface area contributed by atoms with Gasteiger partial charge in [-0.25, -0.2) is 0 Å². The highest BCUT2D eigenvalue weighted by molar-refractivity contribution is 6.09. The number of carbonyl (C=O) groups excluding carboxylic acids is 3. The van der Waals surface area contributed by atoms with Crippen LogP contribution in [-0.4, -0.2) is 27.4 Å². The molecule has 1 heterocycles. The van der Waals surface area contributed by atoms with Crippen molar-refractivity contribution >= 4 is 23.2 Å². The second-order valence-corrected chi connectivity index (χ2v) is 9.64. The molecule has 0 bridgehead atoms. The average molecular weight is 403 g/mol. The van der Waals surface area contributed by atoms with Gasteiger partial charge in [-0.05, 0) is 16.9 Å². The maximum Gasteiger partial charge on any atom is 0.433 e. The van der Waals surface area contributed by atoms with Crippen LogP contribution in [0.3, 0.4) is 0 Å². The number of rotatable bonds is 4. The molecule has 1 saturated carbocycles. The highest BCUT2D eigenvalue weighted by atomic mass is 16.6. The highest BCUT2D eigenvalue weighted by Gasteiger charge is 2.49. The van der Waals surface area contributed by atoms with Crippen molar-refractivity contribution in [1.82, 2.24) is 0 Å². The molecule has 156 valence electrons. The Labute approximate surface area is 168 Å². The van der Waals surface area contributed by atoms with Crippen LogP contribution in [0.15, 0.2) is 27.9 Å². The number of carbonyl (C=O) groups is 3. The Morgan fingerprint density at radius 2 is 1.59 bits per heavy atom. The van der Waals surface area contributed by atoms with Gasteiger partial charge in [0.1, 0.15) is 28.0 Å². The van der Waals surface area contributed by atoms with Crippen molar-refractivity contribution in [2.45, 2.75) is 59.3 Å². The van der Waals surface area contributed by atoms with Gasteiger partial charge in [-0.2, -0.15) is 0 Å².